The van der Waals surface area contributed by atoms with Crippen molar-refractivity contribution >= 4 is 52.4 Å². The molecule has 0 aromatic heterocycles. The number of hydrazine groups is 1. The third-order valence-electron chi connectivity index (χ3n) is 7.56. The standard InChI is InChI=1S/C30H25Cl2N3O7/c1-17-2-12-23-24(14-17)30(39)34(29(23)38)33(28(37)19-5-13-25(31)26(32)15-19)16-27(36)18-3-8-21(9-4-18)42-22-10-6-20(7-11-22)35(40)41/h3-11,13,15,17,23-24H,2,12,14,16H2,1H3/t17-,23+,24+/m1/s1. The second kappa shape index (κ2) is 11.9. The number of carbonyl (C=O) groups is 4. The number of ketones is 1. The van der Waals surface area contributed by atoms with Crippen molar-refractivity contribution < 1.29 is 28.8 Å². The van der Waals surface area contributed by atoms with Crippen LogP contribution in [0, 0.1) is 27.9 Å². The van der Waals surface area contributed by atoms with Crippen LogP contribution in [0.1, 0.15) is 46.9 Å². The Morgan fingerprint density at radius 2 is 1.50 bits per heavy atom. The zero-order valence-corrected chi connectivity index (χ0v) is 23.9. The fourth-order valence-corrected chi connectivity index (χ4v) is 5.63. The van der Waals surface area contributed by atoms with Crippen molar-refractivity contribution in [2.45, 2.75) is 26.2 Å². The Bertz CT molecular complexity index is 1580. The molecule has 3 aromatic carbocycles. The number of non-ortho nitro benzene ring substituents is 1. The lowest BCUT2D eigenvalue weighted by Gasteiger charge is -2.30. The Morgan fingerprint density at radius 3 is 2.12 bits per heavy atom. The normalized spacial score (nSPS) is 19.8. The highest BCUT2D eigenvalue weighted by Gasteiger charge is 2.52. The molecule has 0 bridgehead atoms. The highest BCUT2D eigenvalue weighted by Crippen LogP contribution is 2.41. The van der Waals surface area contributed by atoms with Gasteiger partial charge in [0.05, 0.1) is 26.8 Å². The van der Waals surface area contributed by atoms with Gasteiger partial charge in [0.1, 0.15) is 18.0 Å². The number of ether oxygens (including phenoxy) is 1. The SMILES string of the molecule is C[C@@H]1CC[C@@H]2C(=O)N(N(CC(=O)c3ccc(Oc4ccc([N+](=O)[O-])cc4)cc3)C(=O)c3ccc(Cl)c(Cl)c3)C(=O)[C@H]2C1. The molecule has 10 nitrogen and oxygen atoms in total. The zero-order valence-electron chi connectivity index (χ0n) is 22.4. The van der Waals surface area contributed by atoms with Gasteiger partial charge in [-0.3, -0.25) is 29.3 Å². The predicted molar refractivity (Wildman–Crippen MR) is 153 cm³/mol. The number of rotatable bonds is 8. The van der Waals surface area contributed by atoms with Gasteiger partial charge in [0, 0.05) is 23.3 Å². The van der Waals surface area contributed by atoms with E-state index in [2.05, 4.69) is 0 Å². The smallest absolute Gasteiger partial charge is 0.273 e. The van der Waals surface area contributed by atoms with E-state index in [0.717, 1.165) is 16.4 Å². The van der Waals surface area contributed by atoms with Crippen molar-refractivity contribution in [3.05, 3.63) is 98.0 Å². The van der Waals surface area contributed by atoms with Crippen LogP contribution in [0.5, 0.6) is 11.5 Å². The molecule has 3 amide bonds. The van der Waals surface area contributed by atoms with Crippen molar-refractivity contribution in [2.75, 3.05) is 6.54 Å². The molecule has 0 N–H and O–H groups in total. The van der Waals surface area contributed by atoms with Gasteiger partial charge in [0.2, 0.25) is 0 Å². The maximum Gasteiger partial charge on any atom is 0.273 e. The molecular formula is C30H25Cl2N3O7. The number of imide groups is 1. The topological polar surface area (TPSA) is 127 Å². The summed E-state index contributed by atoms with van der Waals surface area (Å²) in [5.41, 5.74) is 0.197. The largest absolute Gasteiger partial charge is 0.457 e. The minimum Gasteiger partial charge on any atom is -0.457 e. The molecule has 1 saturated carbocycles. The lowest BCUT2D eigenvalue weighted by Crippen LogP contribution is -2.52. The first-order valence-corrected chi connectivity index (χ1v) is 14.0. The number of nitro groups is 1. The Kier molecular flexibility index (Phi) is 8.29. The number of fused-ring (bicyclic) bond motifs is 1. The molecule has 5 rings (SSSR count). The predicted octanol–water partition coefficient (Wildman–Crippen LogP) is 6.36. The fourth-order valence-electron chi connectivity index (χ4n) is 5.33. The number of Topliss-reactive ketones (excluding diaryl/α,β-unsaturated/α-hetero) is 1. The highest BCUT2D eigenvalue weighted by molar-refractivity contribution is 6.42. The van der Waals surface area contributed by atoms with Gasteiger partial charge >= 0.3 is 0 Å². The van der Waals surface area contributed by atoms with Crippen molar-refractivity contribution in [2.24, 2.45) is 17.8 Å². The summed E-state index contributed by atoms with van der Waals surface area (Å²) in [7, 11) is 0. The molecule has 1 aliphatic heterocycles. The van der Waals surface area contributed by atoms with Crippen LogP contribution in [-0.2, 0) is 9.59 Å². The van der Waals surface area contributed by atoms with Gasteiger partial charge < -0.3 is 4.74 Å². The number of hydrogen-bond donors (Lipinski definition) is 0. The van der Waals surface area contributed by atoms with Gasteiger partial charge in [-0.1, -0.05) is 30.1 Å². The lowest BCUT2D eigenvalue weighted by molar-refractivity contribution is -0.384. The van der Waals surface area contributed by atoms with Crippen LogP contribution < -0.4 is 4.74 Å². The summed E-state index contributed by atoms with van der Waals surface area (Å²) in [5, 5.41) is 12.9. The third-order valence-corrected chi connectivity index (χ3v) is 8.30. The average Bonchev–Trinajstić information content (AvgIpc) is 3.21. The summed E-state index contributed by atoms with van der Waals surface area (Å²) >= 11 is 12.1. The van der Waals surface area contributed by atoms with Crippen LogP contribution in [0.25, 0.3) is 0 Å². The van der Waals surface area contributed by atoms with E-state index in [9.17, 15) is 29.3 Å². The second-order valence-electron chi connectivity index (χ2n) is 10.4. The van der Waals surface area contributed by atoms with E-state index in [4.69, 9.17) is 27.9 Å². The molecule has 3 aromatic rings. The first-order valence-electron chi connectivity index (χ1n) is 13.2. The summed E-state index contributed by atoms with van der Waals surface area (Å²) in [6.07, 6.45) is 1.86. The van der Waals surface area contributed by atoms with Gasteiger partial charge in [-0.2, -0.15) is 5.01 Å². The quantitative estimate of drug-likeness (QED) is 0.126. The highest BCUT2D eigenvalue weighted by atomic mass is 35.5. The monoisotopic (exact) mass is 609 g/mol. The number of carbonyl (C=O) groups excluding carboxylic acids is 4. The molecule has 3 atom stereocenters. The van der Waals surface area contributed by atoms with Gasteiger partial charge in [0.15, 0.2) is 5.78 Å². The zero-order chi connectivity index (χ0) is 30.1. The molecule has 12 heteroatoms. The molecule has 42 heavy (non-hydrogen) atoms. The number of benzene rings is 3. The number of amides is 3. The van der Waals surface area contributed by atoms with Crippen LogP contribution in [0.15, 0.2) is 66.7 Å². The van der Waals surface area contributed by atoms with Crippen LogP contribution in [0.2, 0.25) is 10.0 Å². The summed E-state index contributed by atoms with van der Waals surface area (Å²) in [6.45, 7) is 1.45. The molecule has 0 radical (unpaired) electrons. The van der Waals surface area contributed by atoms with E-state index in [1.165, 1.54) is 66.7 Å². The molecule has 1 aliphatic carbocycles. The number of halogens is 2. The fraction of sp³-hybridized carbons (Fsp3) is 0.267. The van der Waals surface area contributed by atoms with Crippen molar-refractivity contribution in [1.82, 2.24) is 10.0 Å². The van der Waals surface area contributed by atoms with Crippen molar-refractivity contribution in [1.29, 1.82) is 0 Å². The van der Waals surface area contributed by atoms with Crippen LogP contribution in [0.4, 0.5) is 5.69 Å². The van der Waals surface area contributed by atoms with Crippen LogP contribution in [0.3, 0.4) is 0 Å². The second-order valence-corrected chi connectivity index (χ2v) is 11.2. The van der Waals surface area contributed by atoms with Crippen molar-refractivity contribution in [3.63, 3.8) is 0 Å². The maximum absolute atomic E-state index is 13.7. The Morgan fingerprint density at radius 1 is 0.905 bits per heavy atom. The van der Waals surface area contributed by atoms with E-state index < -0.39 is 46.8 Å². The molecule has 0 spiro atoms. The van der Waals surface area contributed by atoms with E-state index in [1.54, 1.807) is 0 Å². The molecular weight excluding hydrogens is 585 g/mol. The van der Waals surface area contributed by atoms with E-state index in [-0.39, 0.29) is 32.8 Å². The average molecular weight is 610 g/mol. The number of nitro benzene ring substituents is 1. The first-order chi connectivity index (χ1) is 20.0. The van der Waals surface area contributed by atoms with E-state index in [1.807, 2.05) is 6.92 Å². The Labute approximate surface area is 250 Å². The summed E-state index contributed by atoms with van der Waals surface area (Å²) < 4.78 is 5.70. The van der Waals surface area contributed by atoms with Gasteiger partial charge in [-0.15, -0.1) is 0 Å². The third kappa shape index (κ3) is 5.86. The molecule has 1 saturated heterocycles. The molecule has 2 aliphatic rings. The lowest BCUT2D eigenvalue weighted by atomic mass is 9.76. The summed E-state index contributed by atoms with van der Waals surface area (Å²) in [4.78, 5) is 64.4. The summed E-state index contributed by atoms with van der Waals surface area (Å²) in [6, 6.07) is 15.7. The van der Waals surface area contributed by atoms with E-state index >= 15 is 0 Å². The Balaban J connectivity index is 1.39. The Hall–Kier alpha value is -4.28. The van der Waals surface area contributed by atoms with E-state index in [0.29, 0.717) is 24.3 Å². The molecule has 216 valence electrons. The van der Waals surface area contributed by atoms with Crippen LogP contribution >= 0.6 is 23.2 Å². The van der Waals surface area contributed by atoms with Gasteiger partial charge in [-0.05, 0) is 79.8 Å². The number of nitrogens with zero attached hydrogens (tertiary/aromatic N) is 3. The van der Waals surface area contributed by atoms with Crippen LogP contribution in [-0.4, -0.2) is 45.0 Å². The number of hydrogen-bond acceptors (Lipinski definition) is 7. The first kappa shape index (κ1) is 29.2. The molecule has 0 unspecified atom stereocenters. The minimum atomic E-state index is -0.742. The maximum atomic E-state index is 13.7. The molecule has 1 heterocycles. The van der Waals surface area contributed by atoms with Crippen molar-refractivity contribution in [3.8, 4) is 11.5 Å². The molecule has 2 fully saturated rings. The summed E-state index contributed by atoms with van der Waals surface area (Å²) in [5.74, 6) is -2.35. The van der Waals surface area contributed by atoms with Gasteiger partial charge in [-0.25, -0.2) is 5.01 Å². The van der Waals surface area contributed by atoms with Gasteiger partial charge in [0.25, 0.3) is 23.4 Å². The minimum absolute atomic E-state index is 0.0629.